The fraction of sp³-hybridized carbons (Fsp3) is 1.00. The van der Waals surface area contributed by atoms with Crippen LogP contribution in [-0.2, 0) is 0 Å². The van der Waals surface area contributed by atoms with Gasteiger partial charge in [0.15, 0.2) is 0 Å². The van der Waals surface area contributed by atoms with Crippen molar-refractivity contribution in [3.8, 4) is 0 Å². The van der Waals surface area contributed by atoms with Crippen LogP contribution in [0, 0.1) is 5.92 Å². The topological polar surface area (TPSA) is 3.24 Å². The predicted octanol–water partition coefficient (Wildman–Crippen LogP) is 2.85. The van der Waals surface area contributed by atoms with Gasteiger partial charge in [0.1, 0.15) is 6.17 Å². The number of hydrogen-bond donors (Lipinski definition) is 0. The molecule has 1 heterocycles. The van der Waals surface area contributed by atoms with Gasteiger partial charge in [-0.25, -0.2) is 4.39 Å². The van der Waals surface area contributed by atoms with E-state index in [0.29, 0.717) is 12.5 Å². The number of halogens is 1. The molecule has 0 amide bonds. The lowest BCUT2D eigenvalue weighted by atomic mass is 9.97. The Bertz CT molecular complexity index is 145. The molecular weight excluding hydrogens is 165 g/mol. The first-order chi connectivity index (χ1) is 6.27. The van der Waals surface area contributed by atoms with Crippen LogP contribution in [0.3, 0.4) is 0 Å². The zero-order valence-electron chi connectivity index (χ0n) is 9.09. The molecule has 0 radical (unpaired) electrons. The average molecular weight is 187 g/mol. The van der Waals surface area contributed by atoms with E-state index in [1.54, 1.807) is 0 Å². The van der Waals surface area contributed by atoms with Gasteiger partial charge in [0.2, 0.25) is 0 Å². The highest BCUT2D eigenvalue weighted by Gasteiger charge is 2.34. The molecule has 1 nitrogen and oxygen atoms in total. The van der Waals surface area contributed by atoms with E-state index in [9.17, 15) is 4.39 Å². The Balaban J connectivity index is 0.000000396. The van der Waals surface area contributed by atoms with Gasteiger partial charge >= 0.3 is 0 Å². The maximum atomic E-state index is 13.2. The van der Waals surface area contributed by atoms with E-state index in [-0.39, 0.29) is 0 Å². The summed E-state index contributed by atoms with van der Waals surface area (Å²) < 4.78 is 13.2. The van der Waals surface area contributed by atoms with Crippen molar-refractivity contribution in [2.45, 2.75) is 52.2 Å². The van der Waals surface area contributed by atoms with Gasteiger partial charge in [0.05, 0.1) is 0 Å². The lowest BCUT2D eigenvalue weighted by Crippen LogP contribution is -2.41. The Morgan fingerprint density at radius 3 is 2.23 bits per heavy atom. The minimum Gasteiger partial charge on any atom is -0.297 e. The molecular formula is C11H22FN. The van der Waals surface area contributed by atoms with E-state index in [2.05, 4.69) is 4.90 Å². The van der Waals surface area contributed by atoms with E-state index in [0.717, 1.165) is 19.0 Å². The summed E-state index contributed by atoms with van der Waals surface area (Å²) >= 11 is 0. The lowest BCUT2D eigenvalue weighted by molar-refractivity contribution is 0.0882. The number of rotatable bonds is 1. The molecule has 2 aliphatic rings. The van der Waals surface area contributed by atoms with Crippen LogP contribution in [0.4, 0.5) is 4.39 Å². The largest absolute Gasteiger partial charge is 0.297 e. The van der Waals surface area contributed by atoms with Crippen LogP contribution in [0.5, 0.6) is 0 Å². The quantitative estimate of drug-likeness (QED) is 0.610. The molecule has 1 saturated carbocycles. The van der Waals surface area contributed by atoms with Crippen LogP contribution in [0.1, 0.15) is 40.0 Å². The van der Waals surface area contributed by atoms with Crippen molar-refractivity contribution in [2.75, 3.05) is 13.1 Å². The molecule has 13 heavy (non-hydrogen) atoms. The second kappa shape index (κ2) is 4.94. The minimum absolute atomic E-state index is 0.296. The predicted molar refractivity (Wildman–Crippen MR) is 54.6 cm³/mol. The highest BCUT2D eigenvalue weighted by Crippen LogP contribution is 2.31. The van der Waals surface area contributed by atoms with E-state index in [1.165, 1.54) is 12.8 Å². The molecule has 1 unspecified atom stereocenters. The van der Waals surface area contributed by atoms with Gasteiger partial charge in [-0.2, -0.15) is 0 Å². The molecule has 0 bridgehead atoms. The summed E-state index contributed by atoms with van der Waals surface area (Å²) in [6, 6.07) is 0.751. The number of nitrogens with zero attached hydrogens (tertiary/aromatic N) is 1. The van der Waals surface area contributed by atoms with Crippen LogP contribution in [0.2, 0.25) is 0 Å². The van der Waals surface area contributed by atoms with Gasteiger partial charge in [-0.3, -0.25) is 4.90 Å². The van der Waals surface area contributed by atoms with Crippen molar-refractivity contribution in [3.05, 3.63) is 0 Å². The maximum Gasteiger partial charge on any atom is 0.115 e. The first kappa shape index (κ1) is 11.0. The number of alkyl halides is 1. The van der Waals surface area contributed by atoms with Crippen molar-refractivity contribution < 1.29 is 4.39 Å². The number of likely N-dealkylation sites (tertiary alicyclic amines) is 1. The molecule has 1 aliphatic carbocycles. The molecule has 2 rings (SSSR count). The van der Waals surface area contributed by atoms with Crippen molar-refractivity contribution >= 4 is 0 Å². The molecule has 0 aromatic rings. The van der Waals surface area contributed by atoms with Gasteiger partial charge in [-0.15, -0.1) is 0 Å². The van der Waals surface area contributed by atoms with Crippen molar-refractivity contribution in [1.82, 2.24) is 4.90 Å². The molecule has 1 aliphatic heterocycles. The summed E-state index contributed by atoms with van der Waals surface area (Å²) in [5, 5.41) is 0. The lowest BCUT2D eigenvalue weighted by Gasteiger charge is -2.32. The molecule has 2 heteroatoms. The third kappa shape index (κ3) is 2.94. The van der Waals surface area contributed by atoms with Crippen molar-refractivity contribution in [2.24, 2.45) is 5.92 Å². The smallest absolute Gasteiger partial charge is 0.115 e. The van der Waals surface area contributed by atoms with E-state index >= 15 is 0 Å². The van der Waals surface area contributed by atoms with Crippen LogP contribution < -0.4 is 0 Å². The Labute approximate surface area is 81.3 Å². The summed E-state index contributed by atoms with van der Waals surface area (Å²) in [5.74, 6) is 0.296. The molecule has 0 spiro atoms. The highest BCUT2D eigenvalue weighted by atomic mass is 19.1. The molecule has 2 fully saturated rings. The Morgan fingerprint density at radius 2 is 1.77 bits per heavy atom. The van der Waals surface area contributed by atoms with Gasteiger partial charge in [-0.1, -0.05) is 20.8 Å². The van der Waals surface area contributed by atoms with Crippen LogP contribution in [0.15, 0.2) is 0 Å². The first-order valence-electron chi connectivity index (χ1n) is 5.65. The SMILES string of the molecule is CC.CC1CCN(C2CC2)C[C@@H]1F. The summed E-state index contributed by atoms with van der Waals surface area (Å²) in [5.41, 5.74) is 0. The van der Waals surface area contributed by atoms with Gasteiger partial charge in [0.25, 0.3) is 0 Å². The molecule has 0 aromatic carbocycles. The zero-order valence-corrected chi connectivity index (χ0v) is 9.09. The average Bonchev–Trinajstić information content (AvgIpc) is 2.96. The fourth-order valence-electron chi connectivity index (χ4n) is 1.82. The van der Waals surface area contributed by atoms with E-state index in [1.807, 2.05) is 20.8 Å². The number of hydrogen-bond acceptors (Lipinski definition) is 1. The standard InChI is InChI=1S/C9H16FN.C2H6/c1-7-4-5-11(6-9(7)10)8-2-3-8;1-2/h7-9H,2-6H2,1H3;1-2H3/t7?,9-;/m0./s1. The monoisotopic (exact) mass is 187 g/mol. The first-order valence-corrected chi connectivity index (χ1v) is 5.65. The Hall–Kier alpha value is -0.110. The van der Waals surface area contributed by atoms with E-state index < -0.39 is 6.17 Å². The van der Waals surface area contributed by atoms with E-state index in [4.69, 9.17) is 0 Å². The zero-order chi connectivity index (χ0) is 9.84. The highest BCUT2D eigenvalue weighted by molar-refractivity contribution is 4.89. The Kier molecular flexibility index (Phi) is 4.17. The Morgan fingerprint density at radius 1 is 1.15 bits per heavy atom. The third-order valence-electron chi connectivity index (χ3n) is 2.96. The molecule has 78 valence electrons. The molecule has 0 aromatic heterocycles. The van der Waals surface area contributed by atoms with Crippen LogP contribution in [0.25, 0.3) is 0 Å². The second-order valence-electron chi connectivity index (χ2n) is 4.01. The summed E-state index contributed by atoms with van der Waals surface area (Å²) in [4.78, 5) is 2.32. The minimum atomic E-state index is -0.565. The second-order valence-corrected chi connectivity index (χ2v) is 4.01. The van der Waals surface area contributed by atoms with Gasteiger partial charge < -0.3 is 0 Å². The van der Waals surface area contributed by atoms with Gasteiger partial charge in [0, 0.05) is 12.6 Å². The summed E-state index contributed by atoms with van der Waals surface area (Å²) in [7, 11) is 0. The molecule has 2 atom stereocenters. The fourth-order valence-corrected chi connectivity index (χ4v) is 1.82. The normalized spacial score (nSPS) is 35.1. The molecule has 1 saturated heterocycles. The summed E-state index contributed by atoms with van der Waals surface area (Å²) in [6.45, 7) is 7.85. The van der Waals surface area contributed by atoms with Gasteiger partial charge in [-0.05, 0) is 31.7 Å². The van der Waals surface area contributed by atoms with Crippen LogP contribution in [-0.4, -0.2) is 30.2 Å². The van der Waals surface area contributed by atoms with Crippen LogP contribution >= 0.6 is 0 Å². The third-order valence-corrected chi connectivity index (χ3v) is 2.96. The van der Waals surface area contributed by atoms with Crippen molar-refractivity contribution in [3.63, 3.8) is 0 Å². The number of piperidine rings is 1. The van der Waals surface area contributed by atoms with Crippen molar-refractivity contribution in [1.29, 1.82) is 0 Å². The maximum absolute atomic E-state index is 13.2. The summed E-state index contributed by atoms with van der Waals surface area (Å²) in [6.07, 6.45) is 3.10. The molecule has 0 N–H and O–H groups in total.